The molecule has 0 aliphatic rings. The van der Waals surface area contributed by atoms with Crippen molar-refractivity contribution in [3.05, 3.63) is 35.6 Å². The lowest BCUT2D eigenvalue weighted by Gasteiger charge is -2.10. The lowest BCUT2D eigenvalue weighted by atomic mass is 10.1. The first-order chi connectivity index (χ1) is 7.65. The van der Waals surface area contributed by atoms with Gasteiger partial charge in [-0.25, -0.2) is 4.39 Å². The maximum atomic E-state index is 13.2. The number of hydrogen-bond donors (Lipinski definition) is 2. The molecule has 0 aliphatic heterocycles. The zero-order valence-electron chi connectivity index (χ0n) is 9.37. The van der Waals surface area contributed by atoms with Gasteiger partial charge in [-0.2, -0.15) is 0 Å². The summed E-state index contributed by atoms with van der Waals surface area (Å²) in [6.45, 7) is 2.26. The lowest BCUT2D eigenvalue weighted by Crippen LogP contribution is -2.40. The summed E-state index contributed by atoms with van der Waals surface area (Å²) in [6, 6.07) is 6.07. The maximum absolute atomic E-state index is 13.2. The quantitative estimate of drug-likeness (QED) is 0.790. The predicted molar refractivity (Wildman–Crippen MR) is 61.4 cm³/mol. The number of carbonyl (C=O) groups is 1. The molecule has 1 amide bonds. The highest BCUT2D eigenvalue weighted by Gasteiger charge is 2.09. The van der Waals surface area contributed by atoms with Gasteiger partial charge in [0.1, 0.15) is 5.82 Å². The van der Waals surface area contributed by atoms with E-state index >= 15 is 0 Å². The summed E-state index contributed by atoms with van der Waals surface area (Å²) in [4.78, 5) is 11.3. The van der Waals surface area contributed by atoms with Gasteiger partial charge >= 0.3 is 0 Å². The van der Waals surface area contributed by atoms with E-state index in [9.17, 15) is 9.18 Å². The maximum Gasteiger partial charge on any atom is 0.236 e. The molecule has 1 aromatic carbocycles. The minimum Gasteiger partial charge on any atom is -0.354 e. The summed E-state index contributed by atoms with van der Waals surface area (Å²) >= 11 is 0. The van der Waals surface area contributed by atoms with Crippen LogP contribution in [0.1, 0.15) is 18.9 Å². The summed E-state index contributed by atoms with van der Waals surface area (Å²) in [5.41, 5.74) is 6.14. The lowest BCUT2D eigenvalue weighted by molar-refractivity contribution is -0.122. The van der Waals surface area contributed by atoms with E-state index in [1.807, 2.05) is 6.92 Å². The van der Waals surface area contributed by atoms with Crippen molar-refractivity contribution >= 4 is 5.91 Å². The van der Waals surface area contributed by atoms with Crippen LogP contribution in [0.2, 0.25) is 0 Å². The van der Waals surface area contributed by atoms with Crippen molar-refractivity contribution in [3.8, 4) is 0 Å². The van der Waals surface area contributed by atoms with E-state index in [1.165, 1.54) is 6.07 Å². The standard InChI is InChI=1S/C12H17FN2O/c1-2-11(14)12(16)15-8-7-9-5-3-4-6-10(9)13/h3-6,11H,2,7-8,14H2,1H3,(H,15,16)/t11-/m1/s1. The molecule has 16 heavy (non-hydrogen) atoms. The Morgan fingerprint density at radius 2 is 2.19 bits per heavy atom. The zero-order chi connectivity index (χ0) is 12.0. The SMILES string of the molecule is CC[C@@H](N)C(=O)NCCc1ccccc1F. The molecule has 0 bridgehead atoms. The van der Waals surface area contributed by atoms with Crippen LogP contribution in [0.25, 0.3) is 0 Å². The number of amides is 1. The Bertz CT molecular complexity index is 355. The first-order valence-electron chi connectivity index (χ1n) is 5.41. The molecule has 0 saturated heterocycles. The smallest absolute Gasteiger partial charge is 0.236 e. The monoisotopic (exact) mass is 224 g/mol. The van der Waals surface area contributed by atoms with Crippen LogP contribution in [0, 0.1) is 5.82 Å². The zero-order valence-corrected chi connectivity index (χ0v) is 9.37. The van der Waals surface area contributed by atoms with Crippen LogP contribution in [0.3, 0.4) is 0 Å². The van der Waals surface area contributed by atoms with E-state index in [0.29, 0.717) is 24.9 Å². The van der Waals surface area contributed by atoms with Crippen LogP contribution in [0.4, 0.5) is 4.39 Å². The molecule has 0 fully saturated rings. The van der Waals surface area contributed by atoms with Gasteiger partial charge in [0.05, 0.1) is 6.04 Å². The molecule has 88 valence electrons. The Morgan fingerprint density at radius 1 is 1.50 bits per heavy atom. The molecule has 0 radical (unpaired) electrons. The van der Waals surface area contributed by atoms with Gasteiger partial charge in [0.2, 0.25) is 5.91 Å². The second-order valence-corrected chi connectivity index (χ2v) is 3.65. The number of nitrogens with two attached hydrogens (primary N) is 1. The molecule has 0 heterocycles. The highest BCUT2D eigenvalue weighted by molar-refractivity contribution is 5.81. The van der Waals surface area contributed by atoms with Gasteiger partial charge in [-0.1, -0.05) is 25.1 Å². The summed E-state index contributed by atoms with van der Waals surface area (Å²) < 4.78 is 13.2. The first kappa shape index (κ1) is 12.6. The molecule has 3 nitrogen and oxygen atoms in total. The Morgan fingerprint density at radius 3 is 2.81 bits per heavy atom. The molecule has 4 heteroatoms. The largest absolute Gasteiger partial charge is 0.354 e. The Hall–Kier alpha value is -1.42. The van der Waals surface area contributed by atoms with Gasteiger partial charge in [0, 0.05) is 6.54 Å². The molecule has 1 atom stereocenters. The van der Waals surface area contributed by atoms with Gasteiger partial charge in [0.15, 0.2) is 0 Å². The fraction of sp³-hybridized carbons (Fsp3) is 0.417. The third-order valence-corrected chi connectivity index (χ3v) is 2.43. The summed E-state index contributed by atoms with van der Waals surface area (Å²) in [6.07, 6.45) is 1.08. The third-order valence-electron chi connectivity index (χ3n) is 2.43. The minimum absolute atomic E-state index is 0.182. The number of rotatable bonds is 5. The molecule has 0 aromatic heterocycles. The van der Waals surface area contributed by atoms with Gasteiger partial charge < -0.3 is 11.1 Å². The fourth-order valence-electron chi connectivity index (χ4n) is 1.34. The molecule has 0 unspecified atom stereocenters. The number of hydrogen-bond acceptors (Lipinski definition) is 2. The third kappa shape index (κ3) is 3.62. The molecule has 3 N–H and O–H groups in total. The van der Waals surface area contributed by atoms with Crippen molar-refractivity contribution in [3.63, 3.8) is 0 Å². The van der Waals surface area contributed by atoms with E-state index in [1.54, 1.807) is 18.2 Å². The Kier molecular flexibility index (Phi) is 4.92. The van der Waals surface area contributed by atoms with E-state index in [4.69, 9.17) is 5.73 Å². The van der Waals surface area contributed by atoms with E-state index in [-0.39, 0.29) is 11.7 Å². The second-order valence-electron chi connectivity index (χ2n) is 3.65. The fourth-order valence-corrected chi connectivity index (χ4v) is 1.34. The highest BCUT2D eigenvalue weighted by atomic mass is 19.1. The van der Waals surface area contributed by atoms with Gasteiger partial charge in [0.25, 0.3) is 0 Å². The van der Waals surface area contributed by atoms with E-state index in [0.717, 1.165) is 0 Å². The second kappa shape index (κ2) is 6.23. The molecule has 0 spiro atoms. The van der Waals surface area contributed by atoms with Crippen LogP contribution in [0.15, 0.2) is 24.3 Å². The van der Waals surface area contributed by atoms with Crippen LogP contribution in [-0.2, 0) is 11.2 Å². The summed E-state index contributed by atoms with van der Waals surface area (Å²) in [7, 11) is 0. The van der Waals surface area contributed by atoms with Gasteiger partial charge in [-0.05, 0) is 24.5 Å². The molecule has 1 rings (SSSR count). The predicted octanol–water partition coefficient (Wildman–Crippen LogP) is 1.22. The number of benzene rings is 1. The van der Waals surface area contributed by atoms with Crippen molar-refractivity contribution in [2.75, 3.05) is 6.54 Å². The molecule has 0 saturated carbocycles. The van der Waals surface area contributed by atoms with Crippen LogP contribution in [-0.4, -0.2) is 18.5 Å². The van der Waals surface area contributed by atoms with Crippen molar-refractivity contribution in [1.29, 1.82) is 0 Å². The van der Waals surface area contributed by atoms with Crippen molar-refractivity contribution in [2.45, 2.75) is 25.8 Å². The number of halogens is 1. The number of nitrogens with one attached hydrogen (secondary N) is 1. The van der Waals surface area contributed by atoms with Crippen molar-refractivity contribution in [2.24, 2.45) is 5.73 Å². The van der Waals surface area contributed by atoms with Crippen molar-refractivity contribution < 1.29 is 9.18 Å². The number of carbonyl (C=O) groups excluding carboxylic acids is 1. The Balaban J connectivity index is 2.36. The molecular weight excluding hydrogens is 207 g/mol. The molecule has 1 aromatic rings. The minimum atomic E-state index is -0.472. The van der Waals surface area contributed by atoms with Gasteiger partial charge in [-0.15, -0.1) is 0 Å². The summed E-state index contributed by atoms with van der Waals surface area (Å²) in [5, 5.41) is 2.68. The normalized spacial score (nSPS) is 12.2. The van der Waals surface area contributed by atoms with E-state index in [2.05, 4.69) is 5.32 Å². The van der Waals surface area contributed by atoms with Crippen LogP contribution in [0.5, 0.6) is 0 Å². The average Bonchev–Trinajstić information content (AvgIpc) is 2.30. The van der Waals surface area contributed by atoms with E-state index < -0.39 is 6.04 Å². The topological polar surface area (TPSA) is 55.1 Å². The first-order valence-corrected chi connectivity index (χ1v) is 5.41. The van der Waals surface area contributed by atoms with Gasteiger partial charge in [-0.3, -0.25) is 4.79 Å². The average molecular weight is 224 g/mol. The summed E-state index contributed by atoms with van der Waals surface area (Å²) in [5.74, 6) is -0.421. The van der Waals surface area contributed by atoms with Crippen LogP contribution >= 0.6 is 0 Å². The highest BCUT2D eigenvalue weighted by Crippen LogP contribution is 2.06. The molecule has 0 aliphatic carbocycles. The van der Waals surface area contributed by atoms with Crippen molar-refractivity contribution in [1.82, 2.24) is 5.32 Å². The Labute approximate surface area is 94.8 Å². The van der Waals surface area contributed by atoms with Crippen LogP contribution < -0.4 is 11.1 Å². The molecular formula is C12H17FN2O.